The molecule has 1 aromatic rings. The molecule has 0 saturated heterocycles. The van der Waals surface area contributed by atoms with E-state index in [2.05, 4.69) is 58.1 Å². The molecular weight excluding hydrogens is 234 g/mol. The molecule has 0 bridgehead atoms. The third-order valence-electron chi connectivity index (χ3n) is 3.60. The van der Waals surface area contributed by atoms with E-state index in [-0.39, 0.29) is 5.41 Å². The number of hydrogen-bond acceptors (Lipinski definition) is 2. The van der Waals surface area contributed by atoms with Crippen molar-refractivity contribution in [1.82, 2.24) is 5.32 Å². The number of likely N-dealkylation sites (N-methyl/N-ethyl adjacent to an activating group) is 1. The molecule has 0 aliphatic carbocycles. The molecular formula is C17H29NO. The van der Waals surface area contributed by atoms with Gasteiger partial charge in [0, 0.05) is 6.04 Å². The normalized spacial score (nSPS) is 13.4. The van der Waals surface area contributed by atoms with Crippen molar-refractivity contribution in [3.05, 3.63) is 29.3 Å². The molecule has 0 saturated carbocycles. The zero-order valence-corrected chi connectivity index (χ0v) is 13.3. The summed E-state index contributed by atoms with van der Waals surface area (Å²) in [6.07, 6.45) is 2.16. The van der Waals surface area contributed by atoms with Crippen molar-refractivity contribution in [3.8, 4) is 5.75 Å². The van der Waals surface area contributed by atoms with Crippen molar-refractivity contribution in [2.45, 2.75) is 58.9 Å². The number of nitrogens with one attached hydrogen (secondary N) is 1. The van der Waals surface area contributed by atoms with Crippen LogP contribution in [0.5, 0.6) is 5.75 Å². The average Bonchev–Trinajstić information content (AvgIpc) is 2.37. The van der Waals surface area contributed by atoms with Crippen LogP contribution >= 0.6 is 0 Å². The van der Waals surface area contributed by atoms with Gasteiger partial charge >= 0.3 is 0 Å². The molecule has 19 heavy (non-hydrogen) atoms. The van der Waals surface area contributed by atoms with E-state index in [1.807, 2.05) is 0 Å². The van der Waals surface area contributed by atoms with Gasteiger partial charge in [0.15, 0.2) is 0 Å². The summed E-state index contributed by atoms with van der Waals surface area (Å²) in [5.74, 6) is 1.00. The maximum absolute atomic E-state index is 5.51. The van der Waals surface area contributed by atoms with Crippen LogP contribution in [0.4, 0.5) is 0 Å². The summed E-state index contributed by atoms with van der Waals surface area (Å²) >= 11 is 0. The molecule has 0 spiro atoms. The van der Waals surface area contributed by atoms with Crippen LogP contribution in [0.2, 0.25) is 0 Å². The molecule has 0 amide bonds. The van der Waals surface area contributed by atoms with E-state index in [4.69, 9.17) is 4.74 Å². The molecule has 1 aromatic carbocycles. The third-order valence-corrected chi connectivity index (χ3v) is 3.60. The highest BCUT2D eigenvalue weighted by atomic mass is 16.5. The first-order valence-corrected chi connectivity index (χ1v) is 7.33. The van der Waals surface area contributed by atoms with E-state index >= 15 is 0 Å². The number of ether oxygens (including phenoxy) is 1. The predicted octanol–water partition coefficient (Wildman–Crippen LogP) is 3.92. The van der Waals surface area contributed by atoms with Gasteiger partial charge in [-0.05, 0) is 42.0 Å². The van der Waals surface area contributed by atoms with E-state index in [0.29, 0.717) is 6.04 Å². The minimum atomic E-state index is 0.181. The first kappa shape index (κ1) is 16.0. The maximum atomic E-state index is 5.51. The minimum Gasteiger partial charge on any atom is -0.496 e. The fraction of sp³-hybridized carbons (Fsp3) is 0.647. The van der Waals surface area contributed by atoms with Crippen molar-refractivity contribution >= 4 is 0 Å². The van der Waals surface area contributed by atoms with Gasteiger partial charge in [-0.2, -0.15) is 0 Å². The second-order valence-corrected chi connectivity index (χ2v) is 6.14. The van der Waals surface area contributed by atoms with Crippen molar-refractivity contribution in [1.29, 1.82) is 0 Å². The second kappa shape index (κ2) is 6.95. The van der Waals surface area contributed by atoms with Crippen LogP contribution in [0.3, 0.4) is 0 Å². The second-order valence-electron chi connectivity index (χ2n) is 6.14. The smallest absolute Gasteiger partial charge is 0.122 e. The topological polar surface area (TPSA) is 21.3 Å². The first-order valence-electron chi connectivity index (χ1n) is 7.33. The Morgan fingerprint density at radius 2 is 1.89 bits per heavy atom. The highest BCUT2D eigenvalue weighted by Gasteiger charge is 2.17. The van der Waals surface area contributed by atoms with Gasteiger partial charge in [-0.15, -0.1) is 0 Å². The molecule has 108 valence electrons. The SMILES string of the molecule is CCNC(CC)Cc1cc(C(C)(C)C)ccc1OC. The van der Waals surface area contributed by atoms with Gasteiger partial charge in [0.05, 0.1) is 7.11 Å². The minimum absolute atomic E-state index is 0.181. The highest BCUT2D eigenvalue weighted by molar-refractivity contribution is 5.40. The summed E-state index contributed by atoms with van der Waals surface area (Å²) in [5, 5.41) is 3.53. The van der Waals surface area contributed by atoms with Crippen LogP contribution in [-0.4, -0.2) is 19.7 Å². The Kier molecular flexibility index (Phi) is 5.86. The van der Waals surface area contributed by atoms with Gasteiger partial charge < -0.3 is 10.1 Å². The van der Waals surface area contributed by atoms with Crippen LogP contribution in [0.25, 0.3) is 0 Å². The summed E-state index contributed by atoms with van der Waals surface area (Å²) in [7, 11) is 1.75. The Labute approximate surface area is 118 Å². The summed E-state index contributed by atoms with van der Waals surface area (Å²) in [6.45, 7) is 12.2. The van der Waals surface area contributed by atoms with Crippen LogP contribution < -0.4 is 10.1 Å². The summed E-state index contributed by atoms with van der Waals surface area (Å²) in [4.78, 5) is 0. The molecule has 1 rings (SSSR count). The van der Waals surface area contributed by atoms with Crippen molar-refractivity contribution in [2.24, 2.45) is 0 Å². The molecule has 2 heteroatoms. The predicted molar refractivity (Wildman–Crippen MR) is 83.2 cm³/mol. The first-order chi connectivity index (χ1) is 8.92. The van der Waals surface area contributed by atoms with Gasteiger partial charge in [-0.1, -0.05) is 46.8 Å². The summed E-state index contributed by atoms with van der Waals surface area (Å²) in [5.41, 5.74) is 2.86. The Balaban J connectivity index is 3.02. The molecule has 1 atom stereocenters. The molecule has 0 aromatic heterocycles. The van der Waals surface area contributed by atoms with Crippen LogP contribution in [-0.2, 0) is 11.8 Å². The van der Waals surface area contributed by atoms with Gasteiger partial charge in [0.1, 0.15) is 5.75 Å². The fourth-order valence-electron chi connectivity index (χ4n) is 2.32. The van der Waals surface area contributed by atoms with Crippen LogP contribution in [0, 0.1) is 0 Å². The van der Waals surface area contributed by atoms with E-state index in [9.17, 15) is 0 Å². The number of hydrogen-bond donors (Lipinski definition) is 1. The molecule has 0 radical (unpaired) electrons. The Morgan fingerprint density at radius 1 is 1.21 bits per heavy atom. The average molecular weight is 263 g/mol. The largest absolute Gasteiger partial charge is 0.496 e. The molecule has 0 fully saturated rings. The summed E-state index contributed by atoms with van der Waals surface area (Å²) in [6, 6.07) is 7.11. The molecule has 0 aliphatic rings. The third kappa shape index (κ3) is 4.54. The highest BCUT2D eigenvalue weighted by Crippen LogP contribution is 2.28. The van der Waals surface area contributed by atoms with E-state index < -0.39 is 0 Å². The van der Waals surface area contributed by atoms with Gasteiger partial charge in [0.25, 0.3) is 0 Å². The maximum Gasteiger partial charge on any atom is 0.122 e. The standard InChI is InChI=1S/C17H29NO/c1-7-15(18-8-2)12-13-11-14(17(3,4)5)9-10-16(13)19-6/h9-11,15,18H,7-8,12H2,1-6H3. The zero-order valence-electron chi connectivity index (χ0n) is 13.3. The van der Waals surface area contributed by atoms with E-state index in [1.165, 1.54) is 11.1 Å². The lowest BCUT2D eigenvalue weighted by Gasteiger charge is -2.23. The Hall–Kier alpha value is -1.02. The monoisotopic (exact) mass is 263 g/mol. The Morgan fingerprint density at radius 3 is 2.37 bits per heavy atom. The number of methoxy groups -OCH3 is 1. The molecule has 2 nitrogen and oxygen atoms in total. The fourth-order valence-corrected chi connectivity index (χ4v) is 2.32. The van der Waals surface area contributed by atoms with Crippen LogP contribution in [0.15, 0.2) is 18.2 Å². The van der Waals surface area contributed by atoms with Gasteiger partial charge in [-0.25, -0.2) is 0 Å². The van der Waals surface area contributed by atoms with Gasteiger partial charge in [-0.3, -0.25) is 0 Å². The van der Waals surface area contributed by atoms with Crippen molar-refractivity contribution < 1.29 is 4.74 Å². The molecule has 0 heterocycles. The molecule has 1 unspecified atom stereocenters. The molecule has 0 aliphatic heterocycles. The van der Waals surface area contributed by atoms with Crippen molar-refractivity contribution in [2.75, 3.05) is 13.7 Å². The van der Waals surface area contributed by atoms with Gasteiger partial charge in [0.2, 0.25) is 0 Å². The molecule has 1 N–H and O–H groups in total. The number of rotatable bonds is 6. The van der Waals surface area contributed by atoms with E-state index in [1.54, 1.807) is 7.11 Å². The van der Waals surface area contributed by atoms with Crippen LogP contribution in [0.1, 0.15) is 52.2 Å². The zero-order chi connectivity index (χ0) is 14.5. The van der Waals surface area contributed by atoms with Crippen molar-refractivity contribution in [3.63, 3.8) is 0 Å². The quantitative estimate of drug-likeness (QED) is 0.840. The lowest BCUT2D eigenvalue weighted by atomic mass is 9.85. The lowest BCUT2D eigenvalue weighted by Crippen LogP contribution is -2.30. The van der Waals surface area contributed by atoms with E-state index in [0.717, 1.165) is 25.1 Å². The number of benzene rings is 1. The Bertz CT molecular complexity index is 393. The lowest BCUT2D eigenvalue weighted by molar-refractivity contribution is 0.403. The summed E-state index contributed by atoms with van der Waals surface area (Å²) < 4.78 is 5.51.